The number of likely N-dealkylation sites (tertiary alicyclic amines) is 1. The van der Waals surface area contributed by atoms with Gasteiger partial charge < -0.3 is 9.80 Å². The normalized spacial score (nSPS) is 20.5. The number of piperidine rings is 1. The molecule has 1 aromatic carbocycles. The predicted molar refractivity (Wildman–Crippen MR) is 113 cm³/mol. The molecule has 3 nitrogen and oxygen atoms in total. The van der Waals surface area contributed by atoms with Crippen molar-refractivity contribution in [3.63, 3.8) is 0 Å². The zero-order valence-electron chi connectivity index (χ0n) is 16.6. The maximum Gasteiger partial charge on any atom is 0.0378 e. The summed E-state index contributed by atoms with van der Waals surface area (Å²) >= 11 is 4.46. The van der Waals surface area contributed by atoms with Crippen molar-refractivity contribution in [2.45, 2.75) is 51.5 Å². The Balaban J connectivity index is 0.00000109. The monoisotopic (exact) mass is 363 g/mol. The lowest BCUT2D eigenvalue weighted by Gasteiger charge is -2.40. The summed E-state index contributed by atoms with van der Waals surface area (Å²) < 4.78 is 0. The Morgan fingerprint density at radius 2 is 1.64 bits per heavy atom. The first-order valence-corrected chi connectivity index (χ1v) is 10.6. The molecule has 1 aromatic rings. The fourth-order valence-corrected chi connectivity index (χ4v) is 4.11. The summed E-state index contributed by atoms with van der Waals surface area (Å²) in [6, 6.07) is 9.25. The van der Waals surface area contributed by atoms with Crippen LogP contribution in [0.5, 0.6) is 0 Å². The second-order valence-corrected chi connectivity index (χ2v) is 7.90. The third-order valence-electron chi connectivity index (χ3n) is 5.46. The minimum Gasteiger partial charge on any atom is -0.369 e. The van der Waals surface area contributed by atoms with Crippen molar-refractivity contribution in [2.24, 2.45) is 5.92 Å². The van der Waals surface area contributed by atoms with E-state index in [2.05, 4.69) is 59.4 Å². The van der Waals surface area contributed by atoms with Crippen molar-refractivity contribution in [1.82, 2.24) is 9.80 Å². The Kier molecular flexibility index (Phi) is 8.60. The number of thiol groups is 1. The van der Waals surface area contributed by atoms with Crippen LogP contribution in [0.2, 0.25) is 0 Å². The largest absolute Gasteiger partial charge is 0.369 e. The summed E-state index contributed by atoms with van der Waals surface area (Å²) in [7, 11) is 0. The molecule has 0 radical (unpaired) electrons. The van der Waals surface area contributed by atoms with Crippen LogP contribution in [0.3, 0.4) is 0 Å². The van der Waals surface area contributed by atoms with Crippen molar-refractivity contribution in [1.29, 1.82) is 0 Å². The second kappa shape index (κ2) is 10.4. The average Bonchev–Trinajstić information content (AvgIpc) is 2.64. The second-order valence-electron chi connectivity index (χ2n) is 7.38. The molecule has 25 heavy (non-hydrogen) atoms. The summed E-state index contributed by atoms with van der Waals surface area (Å²) in [5.74, 6) is 0.900. The van der Waals surface area contributed by atoms with Gasteiger partial charge in [0, 0.05) is 49.3 Å². The zero-order valence-corrected chi connectivity index (χ0v) is 17.5. The van der Waals surface area contributed by atoms with E-state index in [1.54, 1.807) is 0 Å². The lowest BCUT2D eigenvalue weighted by Crippen LogP contribution is -2.49. The zero-order chi connectivity index (χ0) is 18.2. The summed E-state index contributed by atoms with van der Waals surface area (Å²) in [5.41, 5.74) is 1.32. The van der Waals surface area contributed by atoms with Crippen molar-refractivity contribution in [3.05, 3.63) is 24.3 Å². The van der Waals surface area contributed by atoms with Gasteiger partial charge in [-0.15, -0.1) is 12.6 Å². The first-order valence-electron chi connectivity index (χ1n) is 10.1. The van der Waals surface area contributed by atoms with Crippen LogP contribution in [0.25, 0.3) is 0 Å². The SMILES string of the molecule is CC.CC(C)N1CCC(CN2CCN(c3cccc(S)c3)CC2)CC1. The van der Waals surface area contributed by atoms with Gasteiger partial charge in [-0.1, -0.05) is 19.9 Å². The highest BCUT2D eigenvalue weighted by Gasteiger charge is 2.24. The topological polar surface area (TPSA) is 9.72 Å². The first kappa shape index (κ1) is 20.6. The summed E-state index contributed by atoms with van der Waals surface area (Å²) in [6.45, 7) is 17.2. The maximum atomic E-state index is 4.46. The first-order chi connectivity index (χ1) is 12.1. The molecule has 0 aromatic heterocycles. The van der Waals surface area contributed by atoms with Gasteiger partial charge in [0.2, 0.25) is 0 Å². The molecule has 0 N–H and O–H groups in total. The summed E-state index contributed by atoms with van der Waals surface area (Å²) in [6.07, 6.45) is 2.75. The quantitative estimate of drug-likeness (QED) is 0.802. The molecule has 2 fully saturated rings. The molecule has 0 saturated carbocycles. The number of hydrogen-bond donors (Lipinski definition) is 1. The standard InChI is InChI=1S/C19H31N3S.C2H6/c1-16(2)21-8-6-17(7-9-21)15-20-10-12-22(13-11-20)18-4-3-5-19(23)14-18;1-2/h3-5,14,16-17,23H,6-13,15H2,1-2H3;1-2H3. The van der Waals surface area contributed by atoms with E-state index in [1.165, 1.54) is 51.3 Å². The summed E-state index contributed by atoms with van der Waals surface area (Å²) in [5, 5.41) is 0. The van der Waals surface area contributed by atoms with Crippen molar-refractivity contribution >= 4 is 18.3 Å². The van der Waals surface area contributed by atoms with E-state index in [0.717, 1.165) is 23.9 Å². The molecule has 142 valence electrons. The van der Waals surface area contributed by atoms with E-state index in [1.807, 2.05) is 19.9 Å². The molecule has 3 rings (SSSR count). The lowest BCUT2D eigenvalue weighted by molar-refractivity contribution is 0.119. The lowest BCUT2D eigenvalue weighted by atomic mass is 9.95. The molecule has 0 bridgehead atoms. The number of anilines is 1. The highest BCUT2D eigenvalue weighted by atomic mass is 32.1. The minimum atomic E-state index is 0.710. The molecular formula is C21H37N3S. The van der Waals surface area contributed by atoms with Gasteiger partial charge in [-0.2, -0.15) is 0 Å². The molecule has 0 aliphatic carbocycles. The fraction of sp³-hybridized carbons (Fsp3) is 0.714. The number of piperazine rings is 1. The van der Waals surface area contributed by atoms with Crippen molar-refractivity contribution < 1.29 is 0 Å². The molecular weight excluding hydrogens is 326 g/mol. The third kappa shape index (κ3) is 6.19. The highest BCUT2D eigenvalue weighted by molar-refractivity contribution is 7.80. The number of nitrogens with zero attached hydrogens (tertiary/aromatic N) is 3. The van der Waals surface area contributed by atoms with Gasteiger partial charge in [0.05, 0.1) is 0 Å². The van der Waals surface area contributed by atoms with Crippen molar-refractivity contribution in [2.75, 3.05) is 50.7 Å². The molecule has 0 amide bonds. The summed E-state index contributed by atoms with van der Waals surface area (Å²) in [4.78, 5) is 8.86. The van der Waals surface area contributed by atoms with Crippen LogP contribution < -0.4 is 4.90 Å². The van der Waals surface area contributed by atoms with Crippen LogP contribution in [0.15, 0.2) is 29.2 Å². The predicted octanol–water partition coefficient (Wildman–Crippen LogP) is 4.24. The van der Waals surface area contributed by atoms with Crippen LogP contribution in [-0.2, 0) is 0 Å². The minimum absolute atomic E-state index is 0.710. The molecule has 2 heterocycles. The Morgan fingerprint density at radius 3 is 2.20 bits per heavy atom. The molecule has 2 aliphatic heterocycles. The van der Waals surface area contributed by atoms with Crippen LogP contribution >= 0.6 is 12.6 Å². The van der Waals surface area contributed by atoms with Gasteiger partial charge in [0.25, 0.3) is 0 Å². The van der Waals surface area contributed by atoms with Gasteiger partial charge >= 0.3 is 0 Å². The van der Waals surface area contributed by atoms with E-state index >= 15 is 0 Å². The maximum absolute atomic E-state index is 4.46. The fourth-order valence-electron chi connectivity index (χ4n) is 3.90. The third-order valence-corrected chi connectivity index (χ3v) is 5.74. The number of rotatable bonds is 4. The Hall–Kier alpha value is -0.710. The van der Waals surface area contributed by atoms with E-state index in [0.29, 0.717) is 6.04 Å². The van der Waals surface area contributed by atoms with Gasteiger partial charge in [0.15, 0.2) is 0 Å². The Bertz CT molecular complexity index is 490. The number of hydrogen-bond acceptors (Lipinski definition) is 4. The Morgan fingerprint density at radius 1 is 1.00 bits per heavy atom. The molecule has 0 atom stereocenters. The van der Waals surface area contributed by atoms with E-state index in [-0.39, 0.29) is 0 Å². The smallest absolute Gasteiger partial charge is 0.0378 e. The van der Waals surface area contributed by atoms with Gasteiger partial charge in [-0.25, -0.2) is 0 Å². The van der Waals surface area contributed by atoms with Crippen LogP contribution in [0.4, 0.5) is 5.69 Å². The van der Waals surface area contributed by atoms with Crippen LogP contribution in [0, 0.1) is 5.92 Å². The van der Waals surface area contributed by atoms with E-state index in [9.17, 15) is 0 Å². The molecule has 2 saturated heterocycles. The Labute approximate surface area is 160 Å². The van der Waals surface area contributed by atoms with Gasteiger partial charge in [-0.3, -0.25) is 4.90 Å². The van der Waals surface area contributed by atoms with E-state index < -0.39 is 0 Å². The van der Waals surface area contributed by atoms with E-state index in [4.69, 9.17) is 0 Å². The number of benzene rings is 1. The van der Waals surface area contributed by atoms with Gasteiger partial charge in [-0.05, 0) is 63.9 Å². The van der Waals surface area contributed by atoms with Crippen molar-refractivity contribution in [3.8, 4) is 0 Å². The highest BCUT2D eigenvalue weighted by Crippen LogP contribution is 2.23. The van der Waals surface area contributed by atoms with Crippen LogP contribution in [0.1, 0.15) is 40.5 Å². The molecule has 2 aliphatic rings. The van der Waals surface area contributed by atoms with Gasteiger partial charge in [0.1, 0.15) is 0 Å². The van der Waals surface area contributed by atoms with Crippen LogP contribution in [-0.4, -0.2) is 61.7 Å². The molecule has 4 heteroatoms. The average molecular weight is 364 g/mol. The molecule has 0 spiro atoms. The molecule has 0 unspecified atom stereocenters.